The third-order valence-corrected chi connectivity index (χ3v) is 3.67. The molecule has 0 amide bonds. The minimum absolute atomic E-state index is 0. The van der Waals surface area contributed by atoms with Crippen LogP contribution in [0.3, 0.4) is 0 Å². The van der Waals surface area contributed by atoms with E-state index < -0.39 is 11.9 Å². The summed E-state index contributed by atoms with van der Waals surface area (Å²) in [5, 5.41) is 0. The van der Waals surface area contributed by atoms with Crippen LogP contribution >= 0.6 is 0 Å². The Hall–Kier alpha value is -0.528. The Morgan fingerprint density at radius 3 is 1.33 bits per heavy atom. The normalized spacial score (nSPS) is 13.0. The highest BCUT2D eigenvalue weighted by atomic mass is 27.0. The van der Waals surface area contributed by atoms with Crippen molar-refractivity contribution in [2.45, 2.75) is 79.1 Å². The van der Waals surface area contributed by atoms with Gasteiger partial charge < -0.3 is 0 Å². The zero-order chi connectivity index (χ0) is 15.4. The van der Waals surface area contributed by atoms with Crippen molar-refractivity contribution < 1.29 is 19.4 Å². The second-order valence-corrected chi connectivity index (χ2v) is 5.30. The van der Waals surface area contributed by atoms with Gasteiger partial charge in [-0.15, -0.1) is 0 Å². The van der Waals surface area contributed by atoms with Crippen LogP contribution in [0.15, 0.2) is 0 Å². The highest BCUT2D eigenvalue weighted by molar-refractivity contribution is 5.76. The van der Waals surface area contributed by atoms with Crippen molar-refractivity contribution in [1.29, 1.82) is 0 Å². The van der Waals surface area contributed by atoms with Gasteiger partial charge in [-0.25, -0.2) is 19.4 Å². The zero-order valence-corrected chi connectivity index (χ0v) is 13.4. The molecule has 0 aromatic heterocycles. The first-order valence-corrected chi connectivity index (χ1v) is 8.02. The fourth-order valence-electron chi connectivity index (χ4n) is 2.10. The zero-order valence-electron chi connectivity index (χ0n) is 13.4. The highest BCUT2D eigenvalue weighted by Gasteiger charge is 2.23. The molecule has 21 heavy (non-hydrogen) atoms. The third kappa shape index (κ3) is 9.93. The second kappa shape index (κ2) is 14.4. The van der Waals surface area contributed by atoms with Crippen LogP contribution in [0.5, 0.6) is 0 Å². The minimum Gasteiger partial charge on any atom is -0.247 e. The van der Waals surface area contributed by atoms with Crippen LogP contribution in [0.2, 0.25) is 0 Å². The molecule has 0 aromatic rings. The van der Waals surface area contributed by atoms with Crippen LogP contribution in [0.25, 0.3) is 0 Å². The molecule has 0 saturated carbocycles. The van der Waals surface area contributed by atoms with E-state index in [2.05, 4.69) is 13.8 Å². The van der Waals surface area contributed by atoms with Crippen LogP contribution in [0.4, 0.5) is 0 Å². The SMILES string of the molecule is CCCCC(CC)C(=O)OOC(=O)C(CC)CCCC.[AlH3]. The van der Waals surface area contributed by atoms with Gasteiger partial charge in [0.25, 0.3) is 0 Å². The van der Waals surface area contributed by atoms with Crippen molar-refractivity contribution >= 4 is 29.3 Å². The Kier molecular flexibility index (Phi) is 15.6. The standard InChI is InChI=1S/C16H30O4.Al.3H/c1-5-9-11-13(7-3)15(17)19-20-16(18)14(8-4)12-10-6-2;;;;/h13-14H,5-12H2,1-4H3;;;;. The van der Waals surface area contributed by atoms with E-state index in [1.54, 1.807) is 0 Å². The Labute approximate surface area is 140 Å². The van der Waals surface area contributed by atoms with Gasteiger partial charge in [0, 0.05) is 0 Å². The number of unbranched alkanes of at least 4 members (excludes halogenated alkanes) is 2. The molecule has 5 heteroatoms. The number of hydrogen-bond acceptors (Lipinski definition) is 4. The fourth-order valence-corrected chi connectivity index (χ4v) is 2.10. The quantitative estimate of drug-likeness (QED) is 0.353. The lowest BCUT2D eigenvalue weighted by Crippen LogP contribution is -2.23. The molecular formula is C16H33AlO4. The molecule has 124 valence electrons. The summed E-state index contributed by atoms with van der Waals surface area (Å²) in [4.78, 5) is 33.1. The van der Waals surface area contributed by atoms with E-state index >= 15 is 0 Å². The van der Waals surface area contributed by atoms with Crippen LogP contribution in [0.1, 0.15) is 79.1 Å². The molecule has 0 rings (SSSR count). The lowest BCUT2D eigenvalue weighted by molar-refractivity contribution is -0.265. The molecule has 0 heterocycles. The molecule has 0 aliphatic heterocycles. The summed E-state index contributed by atoms with van der Waals surface area (Å²) in [5.41, 5.74) is 0. The van der Waals surface area contributed by atoms with Crippen LogP contribution in [-0.2, 0) is 19.4 Å². The average molecular weight is 316 g/mol. The molecule has 0 aromatic carbocycles. The average Bonchev–Trinajstić information content (AvgIpc) is 2.46. The predicted molar refractivity (Wildman–Crippen MR) is 88.7 cm³/mol. The van der Waals surface area contributed by atoms with Gasteiger partial charge in [0.1, 0.15) is 0 Å². The largest absolute Gasteiger partial charge is 0.358 e. The van der Waals surface area contributed by atoms with E-state index in [1.165, 1.54) is 0 Å². The van der Waals surface area contributed by atoms with Crippen molar-refractivity contribution in [1.82, 2.24) is 0 Å². The second-order valence-electron chi connectivity index (χ2n) is 5.30. The van der Waals surface area contributed by atoms with Crippen LogP contribution < -0.4 is 0 Å². The fraction of sp³-hybridized carbons (Fsp3) is 0.875. The summed E-state index contributed by atoms with van der Waals surface area (Å²) >= 11 is 0. The summed E-state index contributed by atoms with van der Waals surface area (Å²) in [5.74, 6) is -1.17. The van der Waals surface area contributed by atoms with Gasteiger partial charge in [-0.05, 0) is 25.7 Å². The number of carbonyl (C=O) groups excluding carboxylic acids is 2. The molecule has 0 radical (unpaired) electrons. The summed E-state index contributed by atoms with van der Waals surface area (Å²) in [7, 11) is 0. The molecule has 0 N–H and O–H groups in total. The summed E-state index contributed by atoms with van der Waals surface area (Å²) in [6.07, 6.45) is 7.04. The van der Waals surface area contributed by atoms with Gasteiger partial charge >= 0.3 is 11.9 Å². The molecule has 0 spiro atoms. The maximum Gasteiger partial charge on any atom is 0.358 e. The lowest BCUT2D eigenvalue weighted by Gasteiger charge is -2.14. The van der Waals surface area contributed by atoms with Gasteiger partial charge in [-0.3, -0.25) is 0 Å². The lowest BCUT2D eigenvalue weighted by atomic mass is 10.00. The molecule has 2 atom stereocenters. The first-order valence-electron chi connectivity index (χ1n) is 8.02. The summed E-state index contributed by atoms with van der Waals surface area (Å²) < 4.78 is 0. The Bertz CT molecular complexity index is 253. The molecule has 0 aliphatic carbocycles. The predicted octanol–water partition coefficient (Wildman–Crippen LogP) is 3.24. The minimum atomic E-state index is -0.417. The smallest absolute Gasteiger partial charge is 0.247 e. The van der Waals surface area contributed by atoms with Gasteiger partial charge in [-0.1, -0.05) is 53.4 Å². The first kappa shape index (κ1) is 22.7. The van der Waals surface area contributed by atoms with Gasteiger partial charge in [0.15, 0.2) is 17.4 Å². The van der Waals surface area contributed by atoms with E-state index in [1.807, 2.05) is 13.8 Å². The Balaban J connectivity index is 0. The van der Waals surface area contributed by atoms with Gasteiger partial charge in [0.2, 0.25) is 0 Å². The summed E-state index contributed by atoms with van der Waals surface area (Å²) in [6.45, 7) is 8.05. The van der Waals surface area contributed by atoms with E-state index in [9.17, 15) is 9.59 Å². The molecule has 2 unspecified atom stereocenters. The topological polar surface area (TPSA) is 52.6 Å². The number of hydrogen-bond donors (Lipinski definition) is 0. The van der Waals surface area contributed by atoms with E-state index in [-0.39, 0.29) is 29.2 Å². The van der Waals surface area contributed by atoms with Crippen LogP contribution in [0, 0.1) is 11.8 Å². The maximum atomic E-state index is 11.8. The molecule has 0 aliphatic rings. The Morgan fingerprint density at radius 2 is 1.10 bits per heavy atom. The molecule has 0 fully saturated rings. The van der Waals surface area contributed by atoms with E-state index in [4.69, 9.17) is 9.78 Å². The Morgan fingerprint density at radius 1 is 0.762 bits per heavy atom. The van der Waals surface area contributed by atoms with Crippen molar-refractivity contribution in [3.63, 3.8) is 0 Å². The highest BCUT2D eigenvalue weighted by Crippen LogP contribution is 2.17. The van der Waals surface area contributed by atoms with E-state index in [0.717, 1.165) is 38.5 Å². The van der Waals surface area contributed by atoms with Crippen molar-refractivity contribution in [2.75, 3.05) is 0 Å². The number of carbonyl (C=O) groups is 2. The molecule has 0 saturated heterocycles. The first-order chi connectivity index (χ1) is 9.60. The summed E-state index contributed by atoms with van der Waals surface area (Å²) in [6, 6.07) is 0. The van der Waals surface area contributed by atoms with Gasteiger partial charge in [-0.2, -0.15) is 0 Å². The van der Waals surface area contributed by atoms with Gasteiger partial charge in [0.05, 0.1) is 11.8 Å². The molecular weight excluding hydrogens is 283 g/mol. The third-order valence-electron chi connectivity index (χ3n) is 3.67. The van der Waals surface area contributed by atoms with Crippen LogP contribution in [-0.4, -0.2) is 29.3 Å². The van der Waals surface area contributed by atoms with Crippen molar-refractivity contribution in [2.24, 2.45) is 11.8 Å². The van der Waals surface area contributed by atoms with Crippen molar-refractivity contribution in [3.8, 4) is 0 Å². The maximum absolute atomic E-state index is 11.8. The number of rotatable bonds is 10. The van der Waals surface area contributed by atoms with Crippen molar-refractivity contribution in [3.05, 3.63) is 0 Å². The molecule has 4 nitrogen and oxygen atoms in total. The monoisotopic (exact) mass is 316 g/mol. The molecule has 0 bridgehead atoms. The van der Waals surface area contributed by atoms with E-state index in [0.29, 0.717) is 12.8 Å².